The SMILES string of the molecule is c1ccc2c(c1)nc(NCCCN1CCN(CCCNc3nc4ccccc4c4cscc34)CC1)c1cscc12. The second-order valence-electron chi connectivity index (χ2n) is 10.6. The maximum Gasteiger partial charge on any atom is 0.135 e. The van der Waals surface area contributed by atoms with Crippen LogP contribution in [0, 0.1) is 0 Å². The molecule has 204 valence electrons. The standard InChI is InChI=1S/C32H34N6S2/c1-3-9-29-23(7-1)25-19-39-21-27(25)31(35-29)33-11-5-13-37-15-17-38(18-16-37)14-6-12-34-32-28-22-40-20-26(28)24-8-2-4-10-30(24)36-32/h1-4,7-10,19-22H,5-6,11-18H2,(H,33,35)(H,34,36). The molecule has 6 nitrogen and oxygen atoms in total. The Labute approximate surface area is 242 Å². The lowest BCUT2D eigenvalue weighted by atomic mass is 10.1. The molecule has 0 radical (unpaired) electrons. The minimum Gasteiger partial charge on any atom is -0.369 e. The predicted molar refractivity (Wildman–Crippen MR) is 173 cm³/mol. The topological polar surface area (TPSA) is 56.3 Å². The zero-order valence-corrected chi connectivity index (χ0v) is 24.2. The van der Waals surface area contributed by atoms with Gasteiger partial charge in [-0.3, -0.25) is 0 Å². The third-order valence-electron chi connectivity index (χ3n) is 8.04. The maximum atomic E-state index is 4.92. The number of para-hydroxylation sites is 2. The van der Waals surface area contributed by atoms with Gasteiger partial charge in [0.25, 0.3) is 0 Å². The molecule has 0 amide bonds. The predicted octanol–water partition coefficient (Wildman–Crippen LogP) is 7.13. The monoisotopic (exact) mass is 566 g/mol. The molecule has 1 aliphatic rings. The van der Waals surface area contributed by atoms with E-state index < -0.39 is 0 Å². The molecular weight excluding hydrogens is 533 g/mol. The first kappa shape index (κ1) is 25.7. The van der Waals surface area contributed by atoms with Crippen molar-refractivity contribution in [1.82, 2.24) is 19.8 Å². The highest BCUT2D eigenvalue weighted by molar-refractivity contribution is 7.09. The second kappa shape index (κ2) is 11.7. The summed E-state index contributed by atoms with van der Waals surface area (Å²) < 4.78 is 0. The Kier molecular flexibility index (Phi) is 7.48. The van der Waals surface area contributed by atoms with Crippen LogP contribution in [0.15, 0.2) is 70.1 Å². The third-order valence-corrected chi connectivity index (χ3v) is 9.53. The van der Waals surface area contributed by atoms with Gasteiger partial charge >= 0.3 is 0 Å². The van der Waals surface area contributed by atoms with Gasteiger partial charge in [0.05, 0.1) is 11.0 Å². The van der Waals surface area contributed by atoms with E-state index in [0.717, 1.165) is 87.9 Å². The van der Waals surface area contributed by atoms with Crippen LogP contribution in [0.3, 0.4) is 0 Å². The lowest BCUT2D eigenvalue weighted by Gasteiger charge is -2.34. The summed E-state index contributed by atoms with van der Waals surface area (Å²) in [5.74, 6) is 2.04. The van der Waals surface area contributed by atoms with Crippen LogP contribution >= 0.6 is 22.7 Å². The van der Waals surface area contributed by atoms with Gasteiger partial charge in [0, 0.05) is 82.3 Å². The smallest absolute Gasteiger partial charge is 0.135 e. The Balaban J connectivity index is 0.843. The maximum absolute atomic E-state index is 4.92. The summed E-state index contributed by atoms with van der Waals surface area (Å²) in [5.41, 5.74) is 2.13. The van der Waals surface area contributed by atoms with Crippen molar-refractivity contribution >= 4 is 77.7 Å². The fraction of sp³-hybridized carbons (Fsp3) is 0.312. The summed E-state index contributed by atoms with van der Waals surface area (Å²) in [5, 5.41) is 23.7. The highest BCUT2D eigenvalue weighted by atomic mass is 32.1. The fourth-order valence-electron chi connectivity index (χ4n) is 5.86. The van der Waals surface area contributed by atoms with Gasteiger partial charge in [-0.2, -0.15) is 22.7 Å². The molecule has 2 aromatic carbocycles. The summed E-state index contributed by atoms with van der Waals surface area (Å²) in [6, 6.07) is 16.9. The Morgan fingerprint density at radius 3 is 1.45 bits per heavy atom. The van der Waals surface area contributed by atoms with Crippen LogP contribution < -0.4 is 10.6 Å². The van der Waals surface area contributed by atoms with Gasteiger partial charge in [0.1, 0.15) is 11.6 Å². The molecule has 1 aliphatic heterocycles. The van der Waals surface area contributed by atoms with E-state index in [0.29, 0.717) is 0 Å². The molecule has 0 bridgehead atoms. The van der Waals surface area contributed by atoms with Crippen molar-refractivity contribution in [2.24, 2.45) is 0 Å². The zero-order valence-electron chi connectivity index (χ0n) is 22.6. The van der Waals surface area contributed by atoms with Crippen LogP contribution in [0.5, 0.6) is 0 Å². The molecule has 0 aliphatic carbocycles. The van der Waals surface area contributed by atoms with Crippen molar-refractivity contribution < 1.29 is 0 Å². The lowest BCUT2D eigenvalue weighted by Crippen LogP contribution is -2.47. The first-order valence-electron chi connectivity index (χ1n) is 14.3. The number of nitrogens with one attached hydrogen (secondary N) is 2. The number of aromatic nitrogens is 2. The highest BCUT2D eigenvalue weighted by Crippen LogP contribution is 2.33. The van der Waals surface area contributed by atoms with Crippen molar-refractivity contribution in [2.45, 2.75) is 12.8 Å². The molecule has 0 saturated carbocycles. The van der Waals surface area contributed by atoms with E-state index in [1.54, 1.807) is 22.7 Å². The Morgan fingerprint density at radius 2 is 0.975 bits per heavy atom. The summed E-state index contributed by atoms with van der Waals surface area (Å²) in [6.45, 7) is 8.76. The van der Waals surface area contributed by atoms with Crippen molar-refractivity contribution in [1.29, 1.82) is 0 Å². The molecule has 0 unspecified atom stereocenters. The van der Waals surface area contributed by atoms with Gasteiger partial charge < -0.3 is 20.4 Å². The average Bonchev–Trinajstić information content (AvgIpc) is 3.69. The quantitative estimate of drug-likeness (QED) is 0.172. The molecular formula is C32H34N6S2. The number of fused-ring (bicyclic) bond motifs is 6. The zero-order chi connectivity index (χ0) is 26.7. The number of hydrogen-bond acceptors (Lipinski definition) is 8. The number of anilines is 2. The first-order valence-corrected chi connectivity index (χ1v) is 16.1. The lowest BCUT2D eigenvalue weighted by molar-refractivity contribution is 0.132. The number of benzene rings is 2. The van der Waals surface area contributed by atoms with E-state index in [9.17, 15) is 0 Å². The van der Waals surface area contributed by atoms with E-state index in [4.69, 9.17) is 9.97 Å². The van der Waals surface area contributed by atoms with Crippen molar-refractivity contribution in [3.63, 3.8) is 0 Å². The van der Waals surface area contributed by atoms with E-state index >= 15 is 0 Å². The number of piperazine rings is 1. The molecule has 0 atom stereocenters. The van der Waals surface area contributed by atoms with Gasteiger partial charge in [-0.25, -0.2) is 9.97 Å². The number of pyridine rings is 2. The summed E-state index contributed by atoms with van der Waals surface area (Å²) in [7, 11) is 0. The van der Waals surface area contributed by atoms with Crippen LogP contribution in [0.2, 0.25) is 0 Å². The van der Waals surface area contributed by atoms with Crippen LogP contribution in [0.4, 0.5) is 11.6 Å². The normalized spacial score (nSPS) is 15.0. The van der Waals surface area contributed by atoms with Gasteiger partial charge in [-0.05, 0) is 48.8 Å². The van der Waals surface area contributed by atoms with Gasteiger partial charge in [-0.15, -0.1) is 0 Å². The molecule has 6 aromatic rings. The third kappa shape index (κ3) is 5.24. The van der Waals surface area contributed by atoms with E-state index in [-0.39, 0.29) is 0 Å². The molecule has 1 saturated heterocycles. The van der Waals surface area contributed by atoms with Crippen LogP contribution in [-0.4, -0.2) is 72.1 Å². The molecule has 1 fully saturated rings. The average molecular weight is 567 g/mol. The molecule has 0 spiro atoms. The van der Waals surface area contributed by atoms with Gasteiger partial charge in [0.15, 0.2) is 0 Å². The molecule has 40 heavy (non-hydrogen) atoms. The van der Waals surface area contributed by atoms with Crippen LogP contribution in [-0.2, 0) is 0 Å². The second-order valence-corrected chi connectivity index (χ2v) is 12.1. The summed E-state index contributed by atoms with van der Waals surface area (Å²) in [4.78, 5) is 15.0. The molecule has 8 heteroatoms. The Bertz CT molecular complexity index is 1620. The van der Waals surface area contributed by atoms with Gasteiger partial charge in [-0.1, -0.05) is 36.4 Å². The summed E-state index contributed by atoms with van der Waals surface area (Å²) >= 11 is 3.50. The highest BCUT2D eigenvalue weighted by Gasteiger charge is 2.16. The number of thiophene rings is 2. The minimum absolute atomic E-state index is 0.947. The van der Waals surface area contributed by atoms with Gasteiger partial charge in [0.2, 0.25) is 0 Å². The molecule has 4 aromatic heterocycles. The van der Waals surface area contributed by atoms with Crippen molar-refractivity contribution in [3.8, 4) is 0 Å². The molecule has 7 rings (SSSR count). The van der Waals surface area contributed by atoms with Crippen LogP contribution in [0.25, 0.3) is 43.4 Å². The van der Waals surface area contributed by atoms with E-state index in [2.05, 4.69) is 90.5 Å². The number of nitrogens with zero attached hydrogens (tertiary/aromatic N) is 4. The largest absolute Gasteiger partial charge is 0.369 e. The van der Waals surface area contributed by atoms with Crippen molar-refractivity contribution in [2.75, 3.05) is 63.0 Å². The Hall–Kier alpha value is -3.30. The van der Waals surface area contributed by atoms with E-state index in [1.165, 1.54) is 32.3 Å². The fourth-order valence-corrected chi connectivity index (χ4v) is 7.53. The van der Waals surface area contributed by atoms with Crippen LogP contribution in [0.1, 0.15) is 12.8 Å². The number of rotatable bonds is 10. The molecule has 2 N–H and O–H groups in total. The molecule has 5 heterocycles. The first-order chi connectivity index (χ1) is 19.8. The van der Waals surface area contributed by atoms with E-state index in [1.807, 2.05) is 0 Å². The number of hydrogen-bond donors (Lipinski definition) is 2. The minimum atomic E-state index is 0.947. The van der Waals surface area contributed by atoms with Crippen molar-refractivity contribution in [3.05, 3.63) is 70.1 Å². The Morgan fingerprint density at radius 1 is 0.550 bits per heavy atom. The summed E-state index contributed by atoms with van der Waals surface area (Å²) in [6.07, 6.45) is 2.25.